The third-order valence-electron chi connectivity index (χ3n) is 4.13. The Morgan fingerprint density at radius 1 is 1.56 bits per heavy atom. The molecule has 1 fully saturated rings. The molecule has 1 aliphatic carbocycles. The lowest BCUT2D eigenvalue weighted by Crippen LogP contribution is -2.37. The van der Waals surface area contributed by atoms with Crippen molar-refractivity contribution < 1.29 is 5.21 Å². The van der Waals surface area contributed by atoms with Gasteiger partial charge in [0.1, 0.15) is 5.84 Å². The second-order valence-corrected chi connectivity index (χ2v) is 5.68. The molecule has 0 bridgehead atoms. The van der Waals surface area contributed by atoms with Gasteiger partial charge >= 0.3 is 0 Å². The van der Waals surface area contributed by atoms with Crippen LogP contribution in [0.2, 0.25) is 0 Å². The first kappa shape index (κ1) is 15.2. The Hall–Kier alpha value is -0.810. The van der Waals surface area contributed by atoms with E-state index in [0.29, 0.717) is 18.3 Å². The fourth-order valence-corrected chi connectivity index (χ4v) is 2.15. The molecule has 0 aromatic carbocycles. The second kappa shape index (κ2) is 6.95. The van der Waals surface area contributed by atoms with Crippen molar-refractivity contribution in [2.24, 2.45) is 16.3 Å². The SMILES string of the molecule is CCC(C)N(C)CCNCC1(CC(N)=NO)CC1. The first-order valence-electron chi connectivity index (χ1n) is 6.90. The normalized spacial score (nSPS) is 20.1. The standard InChI is InChI=1S/C13H28N4O/c1-4-11(2)17(3)8-7-15-10-13(5-6-13)9-12(14)16-18/h11,15,18H,4-10H2,1-3H3,(H2,14,16). The predicted molar refractivity (Wildman–Crippen MR) is 74.9 cm³/mol. The van der Waals surface area contributed by atoms with Crippen molar-refractivity contribution in [2.45, 2.75) is 45.6 Å². The van der Waals surface area contributed by atoms with E-state index in [9.17, 15) is 0 Å². The van der Waals surface area contributed by atoms with Gasteiger partial charge in [-0.25, -0.2) is 0 Å². The lowest BCUT2D eigenvalue weighted by Gasteiger charge is -2.24. The summed E-state index contributed by atoms with van der Waals surface area (Å²) in [5.74, 6) is 0.353. The van der Waals surface area contributed by atoms with Gasteiger partial charge in [0.2, 0.25) is 0 Å². The topological polar surface area (TPSA) is 73.9 Å². The van der Waals surface area contributed by atoms with Crippen LogP contribution in [-0.4, -0.2) is 48.7 Å². The van der Waals surface area contributed by atoms with Gasteiger partial charge in [-0.2, -0.15) is 0 Å². The number of rotatable bonds is 9. The number of nitrogens with zero attached hydrogens (tertiary/aromatic N) is 2. The quantitative estimate of drug-likeness (QED) is 0.191. The fraction of sp³-hybridized carbons (Fsp3) is 0.923. The van der Waals surface area contributed by atoms with Crippen molar-refractivity contribution in [3.05, 3.63) is 0 Å². The van der Waals surface area contributed by atoms with Gasteiger partial charge in [0.05, 0.1) is 0 Å². The van der Waals surface area contributed by atoms with Crippen LogP contribution in [0.3, 0.4) is 0 Å². The Morgan fingerprint density at radius 2 is 2.22 bits per heavy atom. The van der Waals surface area contributed by atoms with Gasteiger partial charge < -0.3 is 21.2 Å². The van der Waals surface area contributed by atoms with Crippen LogP contribution in [-0.2, 0) is 0 Å². The minimum absolute atomic E-state index is 0.255. The van der Waals surface area contributed by atoms with Crippen LogP contribution < -0.4 is 11.1 Å². The van der Waals surface area contributed by atoms with E-state index >= 15 is 0 Å². The van der Waals surface area contributed by atoms with Crippen LogP contribution in [0.4, 0.5) is 0 Å². The number of likely N-dealkylation sites (N-methyl/N-ethyl adjacent to an activating group) is 1. The van der Waals surface area contributed by atoms with Crippen molar-refractivity contribution >= 4 is 5.84 Å². The van der Waals surface area contributed by atoms with E-state index in [2.05, 4.69) is 36.3 Å². The van der Waals surface area contributed by atoms with Gasteiger partial charge in [-0.3, -0.25) is 0 Å². The summed E-state index contributed by atoms with van der Waals surface area (Å²) in [6.07, 6.45) is 4.25. The molecule has 18 heavy (non-hydrogen) atoms. The first-order valence-corrected chi connectivity index (χ1v) is 6.90. The van der Waals surface area contributed by atoms with Crippen molar-refractivity contribution in [3.8, 4) is 0 Å². The van der Waals surface area contributed by atoms with E-state index in [1.165, 1.54) is 19.3 Å². The second-order valence-electron chi connectivity index (χ2n) is 5.68. The molecule has 0 amide bonds. The Labute approximate surface area is 110 Å². The first-order chi connectivity index (χ1) is 8.53. The lowest BCUT2D eigenvalue weighted by atomic mass is 10.0. The zero-order chi connectivity index (χ0) is 13.6. The smallest absolute Gasteiger partial charge is 0.139 e. The highest BCUT2D eigenvalue weighted by molar-refractivity contribution is 5.80. The summed E-state index contributed by atoms with van der Waals surface area (Å²) in [7, 11) is 2.17. The van der Waals surface area contributed by atoms with Crippen LogP contribution in [0, 0.1) is 5.41 Å². The molecule has 0 radical (unpaired) electrons. The molecule has 5 nitrogen and oxygen atoms in total. The van der Waals surface area contributed by atoms with Crippen LogP contribution in [0.15, 0.2) is 5.16 Å². The van der Waals surface area contributed by atoms with E-state index in [4.69, 9.17) is 10.9 Å². The molecule has 0 saturated heterocycles. The Kier molecular flexibility index (Phi) is 5.88. The maximum atomic E-state index is 8.59. The highest BCUT2D eigenvalue weighted by atomic mass is 16.4. The van der Waals surface area contributed by atoms with Gasteiger partial charge in [0.15, 0.2) is 0 Å². The maximum Gasteiger partial charge on any atom is 0.139 e. The third kappa shape index (κ3) is 4.82. The zero-order valence-corrected chi connectivity index (χ0v) is 11.9. The van der Waals surface area contributed by atoms with Crippen molar-refractivity contribution in [3.63, 3.8) is 0 Å². The monoisotopic (exact) mass is 256 g/mol. The summed E-state index contributed by atoms with van der Waals surface area (Å²) < 4.78 is 0. The largest absolute Gasteiger partial charge is 0.409 e. The third-order valence-corrected chi connectivity index (χ3v) is 4.13. The zero-order valence-electron chi connectivity index (χ0n) is 11.9. The molecule has 4 N–H and O–H groups in total. The van der Waals surface area contributed by atoms with E-state index in [0.717, 1.165) is 19.6 Å². The average Bonchev–Trinajstić information content (AvgIpc) is 3.13. The van der Waals surface area contributed by atoms with Crippen LogP contribution in [0.25, 0.3) is 0 Å². The van der Waals surface area contributed by atoms with Gasteiger partial charge in [-0.1, -0.05) is 12.1 Å². The molecular formula is C13H28N4O. The number of hydrogen-bond donors (Lipinski definition) is 3. The van der Waals surface area contributed by atoms with Crippen molar-refractivity contribution in [2.75, 3.05) is 26.7 Å². The summed E-state index contributed by atoms with van der Waals surface area (Å²) in [4.78, 5) is 2.37. The fourth-order valence-electron chi connectivity index (χ4n) is 2.15. The number of nitrogens with two attached hydrogens (primary N) is 1. The molecule has 1 rings (SSSR count). The molecular weight excluding hydrogens is 228 g/mol. The molecule has 0 spiro atoms. The van der Waals surface area contributed by atoms with Crippen LogP contribution >= 0.6 is 0 Å². The van der Waals surface area contributed by atoms with Gasteiger partial charge in [-0.05, 0) is 38.6 Å². The summed E-state index contributed by atoms with van der Waals surface area (Å²) in [6.45, 7) is 7.50. The minimum atomic E-state index is 0.255. The summed E-state index contributed by atoms with van der Waals surface area (Å²) >= 11 is 0. The average molecular weight is 256 g/mol. The van der Waals surface area contributed by atoms with Gasteiger partial charge in [0, 0.05) is 32.1 Å². The maximum absolute atomic E-state index is 8.59. The van der Waals surface area contributed by atoms with Crippen molar-refractivity contribution in [1.82, 2.24) is 10.2 Å². The molecule has 1 atom stereocenters. The van der Waals surface area contributed by atoms with E-state index in [-0.39, 0.29) is 5.41 Å². The molecule has 1 aliphatic rings. The number of amidine groups is 1. The van der Waals surface area contributed by atoms with Gasteiger partial charge in [-0.15, -0.1) is 0 Å². The molecule has 1 saturated carbocycles. The summed E-state index contributed by atoms with van der Waals surface area (Å²) in [6, 6.07) is 0.638. The van der Waals surface area contributed by atoms with Crippen molar-refractivity contribution in [1.29, 1.82) is 0 Å². The molecule has 0 aliphatic heterocycles. The van der Waals surface area contributed by atoms with E-state index in [1.54, 1.807) is 0 Å². The number of hydrogen-bond acceptors (Lipinski definition) is 4. The predicted octanol–water partition coefficient (Wildman–Crippen LogP) is 1.22. The van der Waals surface area contributed by atoms with Crippen LogP contribution in [0.5, 0.6) is 0 Å². The Balaban J connectivity index is 2.15. The van der Waals surface area contributed by atoms with E-state index in [1.807, 2.05) is 0 Å². The molecule has 106 valence electrons. The minimum Gasteiger partial charge on any atom is -0.409 e. The Morgan fingerprint density at radius 3 is 2.72 bits per heavy atom. The summed E-state index contributed by atoms with van der Waals surface area (Å²) in [5.41, 5.74) is 5.83. The van der Waals surface area contributed by atoms with Crippen LogP contribution in [0.1, 0.15) is 39.5 Å². The molecule has 5 heteroatoms. The molecule has 0 aromatic heterocycles. The molecule has 0 aromatic rings. The summed E-state index contributed by atoms with van der Waals surface area (Å²) in [5, 5.41) is 15.2. The van der Waals surface area contributed by atoms with Gasteiger partial charge in [0.25, 0.3) is 0 Å². The molecule has 1 unspecified atom stereocenters. The highest BCUT2D eigenvalue weighted by Crippen LogP contribution is 2.48. The molecule has 0 heterocycles. The number of oxime groups is 1. The highest BCUT2D eigenvalue weighted by Gasteiger charge is 2.42. The Bertz CT molecular complexity index is 276. The lowest BCUT2D eigenvalue weighted by molar-refractivity contribution is 0.249. The number of nitrogens with one attached hydrogen (secondary N) is 1. The van der Waals surface area contributed by atoms with E-state index < -0.39 is 0 Å².